The van der Waals surface area contributed by atoms with Gasteiger partial charge in [0.2, 0.25) is 0 Å². The minimum atomic E-state index is -0.227. The molecule has 1 unspecified atom stereocenters. The number of aliphatic imine (C=N–C) groups is 1. The van der Waals surface area contributed by atoms with Crippen LogP contribution in [-0.2, 0) is 6.42 Å². The van der Waals surface area contributed by atoms with Gasteiger partial charge in [-0.25, -0.2) is 0 Å². The largest absolute Gasteiger partial charge is 0.479 e. The molecule has 0 radical (unpaired) electrons. The zero-order chi connectivity index (χ0) is 13.1. The average molecular weight is 295 g/mol. The van der Waals surface area contributed by atoms with E-state index in [0.29, 0.717) is 0 Å². The van der Waals surface area contributed by atoms with Crippen molar-refractivity contribution in [3.05, 3.63) is 29.8 Å². The van der Waals surface area contributed by atoms with Crippen molar-refractivity contribution in [3.8, 4) is 5.75 Å². The van der Waals surface area contributed by atoms with Crippen molar-refractivity contribution >= 4 is 18.2 Å². The Bertz CT molecular complexity index is 462. The van der Waals surface area contributed by atoms with Gasteiger partial charge in [0.15, 0.2) is 5.60 Å². The predicted octanol–water partition coefficient (Wildman–Crippen LogP) is 3.36. The van der Waals surface area contributed by atoms with Gasteiger partial charge in [-0.1, -0.05) is 38.0 Å². The van der Waals surface area contributed by atoms with Gasteiger partial charge >= 0.3 is 0 Å². The molecule has 0 aliphatic carbocycles. The summed E-state index contributed by atoms with van der Waals surface area (Å²) >= 11 is 0. The molecule has 3 rings (SSSR count). The third-order valence-electron chi connectivity index (χ3n) is 4.04. The maximum absolute atomic E-state index is 6.33. The van der Waals surface area contributed by atoms with E-state index in [9.17, 15) is 0 Å². The first-order valence-corrected chi connectivity index (χ1v) is 7.40. The van der Waals surface area contributed by atoms with E-state index in [-0.39, 0.29) is 18.0 Å². The lowest BCUT2D eigenvalue weighted by Gasteiger charge is -2.29. The SMILES string of the molecule is CCCCCC1(C2=NCCN2)Cc2ccccc2O1.Cl. The third-order valence-corrected chi connectivity index (χ3v) is 4.04. The summed E-state index contributed by atoms with van der Waals surface area (Å²) in [7, 11) is 0. The minimum Gasteiger partial charge on any atom is -0.479 e. The molecule has 110 valence electrons. The summed E-state index contributed by atoms with van der Waals surface area (Å²) in [6.45, 7) is 4.07. The van der Waals surface area contributed by atoms with Crippen molar-refractivity contribution in [1.82, 2.24) is 5.32 Å². The normalized spacial score (nSPS) is 23.4. The Hall–Kier alpha value is -1.22. The van der Waals surface area contributed by atoms with Gasteiger partial charge < -0.3 is 10.1 Å². The summed E-state index contributed by atoms with van der Waals surface area (Å²) in [4.78, 5) is 4.63. The van der Waals surface area contributed by atoms with E-state index < -0.39 is 0 Å². The van der Waals surface area contributed by atoms with Crippen LogP contribution >= 0.6 is 12.4 Å². The number of nitrogens with zero attached hydrogens (tertiary/aromatic N) is 1. The predicted molar refractivity (Wildman–Crippen MR) is 85.2 cm³/mol. The second kappa shape index (κ2) is 6.49. The van der Waals surface area contributed by atoms with Crippen molar-refractivity contribution in [1.29, 1.82) is 0 Å². The molecule has 0 fully saturated rings. The Kier molecular flexibility index (Phi) is 4.92. The lowest BCUT2D eigenvalue weighted by atomic mass is 9.89. The van der Waals surface area contributed by atoms with Crippen LogP contribution in [0.25, 0.3) is 0 Å². The highest BCUT2D eigenvalue weighted by Crippen LogP contribution is 2.38. The number of halogens is 1. The molecule has 0 aromatic heterocycles. The van der Waals surface area contributed by atoms with Crippen LogP contribution in [-0.4, -0.2) is 24.5 Å². The summed E-state index contributed by atoms with van der Waals surface area (Å²) in [5.74, 6) is 2.11. The van der Waals surface area contributed by atoms with E-state index in [4.69, 9.17) is 4.74 Å². The molecule has 0 spiro atoms. The first-order valence-electron chi connectivity index (χ1n) is 7.40. The molecule has 0 saturated heterocycles. The lowest BCUT2D eigenvalue weighted by Crippen LogP contribution is -2.48. The van der Waals surface area contributed by atoms with Crippen LogP contribution in [0.5, 0.6) is 5.75 Å². The molecular formula is C16H23ClN2O. The highest BCUT2D eigenvalue weighted by atomic mass is 35.5. The number of rotatable bonds is 5. The summed E-state index contributed by atoms with van der Waals surface area (Å²) in [5, 5.41) is 3.43. The zero-order valence-electron chi connectivity index (χ0n) is 12.0. The van der Waals surface area contributed by atoms with Gasteiger partial charge in [0.1, 0.15) is 11.6 Å². The van der Waals surface area contributed by atoms with E-state index in [1.807, 2.05) is 6.07 Å². The molecule has 2 heterocycles. The molecular weight excluding hydrogens is 272 g/mol. The standard InChI is InChI=1S/C16H22N2O.ClH/c1-2-3-6-9-16(15-17-10-11-18-15)12-13-7-4-5-8-14(13)19-16;/h4-5,7-8H,2-3,6,9-12H2,1H3,(H,17,18);1H. The fraction of sp³-hybridized carbons (Fsp3) is 0.562. The number of unbranched alkanes of at least 4 members (excludes halogenated alkanes) is 2. The summed E-state index contributed by atoms with van der Waals surface area (Å²) in [6, 6.07) is 8.39. The molecule has 0 amide bonds. The van der Waals surface area contributed by atoms with Crippen LogP contribution in [0, 0.1) is 0 Å². The Morgan fingerprint density at radius 2 is 2.15 bits per heavy atom. The van der Waals surface area contributed by atoms with Crippen LogP contribution in [0.15, 0.2) is 29.3 Å². The number of para-hydroxylation sites is 1. The maximum atomic E-state index is 6.33. The van der Waals surface area contributed by atoms with E-state index in [1.165, 1.54) is 24.8 Å². The monoisotopic (exact) mass is 294 g/mol. The van der Waals surface area contributed by atoms with E-state index in [1.54, 1.807) is 0 Å². The molecule has 1 aromatic carbocycles. The van der Waals surface area contributed by atoms with Crippen LogP contribution in [0.4, 0.5) is 0 Å². The lowest BCUT2D eigenvalue weighted by molar-refractivity contribution is 0.151. The number of hydrogen-bond acceptors (Lipinski definition) is 3. The molecule has 3 nitrogen and oxygen atoms in total. The van der Waals surface area contributed by atoms with Gasteiger partial charge in [-0.2, -0.15) is 0 Å². The smallest absolute Gasteiger partial charge is 0.169 e. The summed E-state index contributed by atoms with van der Waals surface area (Å²) < 4.78 is 6.33. The van der Waals surface area contributed by atoms with Gasteiger partial charge in [0, 0.05) is 13.0 Å². The number of nitrogens with one attached hydrogen (secondary N) is 1. The molecule has 0 bridgehead atoms. The minimum absolute atomic E-state index is 0. The number of amidine groups is 1. The first kappa shape index (κ1) is 15.2. The van der Waals surface area contributed by atoms with Gasteiger partial charge in [-0.3, -0.25) is 4.99 Å². The van der Waals surface area contributed by atoms with Crippen LogP contribution in [0.1, 0.15) is 38.2 Å². The topological polar surface area (TPSA) is 33.6 Å². The molecule has 20 heavy (non-hydrogen) atoms. The molecule has 4 heteroatoms. The molecule has 2 aliphatic rings. The highest BCUT2D eigenvalue weighted by molar-refractivity contribution is 5.93. The fourth-order valence-electron chi connectivity index (χ4n) is 3.06. The Labute approximate surface area is 127 Å². The maximum Gasteiger partial charge on any atom is 0.169 e. The molecule has 0 saturated carbocycles. The molecule has 1 aromatic rings. The van der Waals surface area contributed by atoms with Gasteiger partial charge in [0.05, 0.1) is 6.54 Å². The van der Waals surface area contributed by atoms with E-state index in [2.05, 4.69) is 35.4 Å². The Morgan fingerprint density at radius 1 is 1.30 bits per heavy atom. The second-order valence-corrected chi connectivity index (χ2v) is 5.50. The van der Waals surface area contributed by atoms with Crippen molar-refractivity contribution in [3.63, 3.8) is 0 Å². The van der Waals surface area contributed by atoms with Crippen LogP contribution in [0.2, 0.25) is 0 Å². The summed E-state index contributed by atoms with van der Waals surface area (Å²) in [6.07, 6.45) is 5.71. The third kappa shape index (κ3) is 2.78. The zero-order valence-corrected chi connectivity index (χ0v) is 12.8. The average Bonchev–Trinajstić information content (AvgIpc) is 3.07. The van der Waals surface area contributed by atoms with Gasteiger partial charge in [-0.05, 0) is 24.5 Å². The van der Waals surface area contributed by atoms with Crippen LogP contribution < -0.4 is 10.1 Å². The first-order chi connectivity index (χ1) is 9.34. The van der Waals surface area contributed by atoms with Crippen molar-refractivity contribution in [2.24, 2.45) is 4.99 Å². The van der Waals surface area contributed by atoms with Gasteiger partial charge in [0.25, 0.3) is 0 Å². The van der Waals surface area contributed by atoms with Crippen LogP contribution in [0.3, 0.4) is 0 Å². The highest BCUT2D eigenvalue weighted by Gasteiger charge is 2.44. The van der Waals surface area contributed by atoms with Crippen molar-refractivity contribution in [2.75, 3.05) is 13.1 Å². The number of fused-ring (bicyclic) bond motifs is 1. The Balaban J connectivity index is 0.00000147. The van der Waals surface area contributed by atoms with Crippen molar-refractivity contribution in [2.45, 2.75) is 44.6 Å². The molecule has 1 N–H and O–H groups in total. The fourth-order valence-corrected chi connectivity index (χ4v) is 3.06. The van der Waals surface area contributed by atoms with Gasteiger partial charge in [-0.15, -0.1) is 12.4 Å². The Morgan fingerprint density at radius 3 is 2.85 bits per heavy atom. The number of ether oxygens (including phenoxy) is 1. The second-order valence-electron chi connectivity index (χ2n) is 5.50. The van der Waals surface area contributed by atoms with E-state index >= 15 is 0 Å². The van der Waals surface area contributed by atoms with Crippen molar-refractivity contribution < 1.29 is 4.74 Å². The summed E-state index contributed by atoms with van der Waals surface area (Å²) in [5.41, 5.74) is 1.09. The van der Waals surface area contributed by atoms with E-state index in [0.717, 1.165) is 37.5 Å². The number of hydrogen-bond donors (Lipinski definition) is 1. The molecule has 2 aliphatic heterocycles. The molecule has 1 atom stereocenters. The quantitative estimate of drug-likeness (QED) is 0.845. The number of benzene rings is 1.